The number of nitrogens with zero attached hydrogens (tertiary/aromatic N) is 3. The fraction of sp³-hybridized carbons (Fsp3) is 0.370. The zero-order chi connectivity index (χ0) is 26.7. The number of esters is 1. The highest BCUT2D eigenvalue weighted by atomic mass is 32.2. The number of benzene rings is 2. The normalized spacial score (nSPS) is 19.2. The number of carbonyl (C=O) groups is 2. The predicted molar refractivity (Wildman–Crippen MR) is 144 cm³/mol. The first kappa shape index (κ1) is 27.0. The van der Waals surface area contributed by atoms with E-state index in [2.05, 4.69) is 25.4 Å². The van der Waals surface area contributed by atoms with E-state index in [4.69, 9.17) is 4.74 Å². The number of ether oxygens (including phenoxy) is 1. The smallest absolute Gasteiger partial charge is 0.338 e. The topological polar surface area (TPSA) is 98.0 Å². The zero-order valence-electron chi connectivity index (χ0n) is 21.2. The largest absolute Gasteiger partial charge is 0.462 e. The molecular weight excluding hydrogens is 510 g/mol. The van der Waals surface area contributed by atoms with Crippen LogP contribution in [0.5, 0.6) is 0 Å². The van der Waals surface area contributed by atoms with Crippen molar-refractivity contribution >= 4 is 43.5 Å². The highest BCUT2D eigenvalue weighted by Gasteiger charge is 2.31. The van der Waals surface area contributed by atoms with Crippen LogP contribution >= 0.6 is 11.3 Å². The molecule has 8 nitrogen and oxygen atoms in total. The third-order valence-electron chi connectivity index (χ3n) is 6.28. The fourth-order valence-electron chi connectivity index (χ4n) is 4.68. The molecule has 1 fully saturated rings. The van der Waals surface area contributed by atoms with Crippen molar-refractivity contribution in [3.8, 4) is 0 Å². The minimum absolute atomic E-state index is 0.167. The molecule has 1 amide bonds. The standard InChI is InChI=1S/C27H31N3O5S2/c1-5-13-30-23-12-9-21(26(32)35-6-2)15-24(23)36-27(30)28-25(31)20-7-10-22(11-8-20)37(33,34)29-16-18(3)14-19(4)17-29/h5,7-12,15,18-19H,1,6,13-14,16-17H2,2-4H3/t18-,19+. The van der Waals surface area contributed by atoms with Crippen LogP contribution in [0.3, 0.4) is 0 Å². The van der Waals surface area contributed by atoms with Crippen LogP contribution in [0.15, 0.2) is 65.0 Å². The number of aromatic nitrogens is 1. The molecule has 37 heavy (non-hydrogen) atoms. The number of thiazole rings is 1. The Morgan fingerprint density at radius 2 is 1.76 bits per heavy atom. The quantitative estimate of drug-likeness (QED) is 0.325. The van der Waals surface area contributed by atoms with E-state index in [0.29, 0.717) is 41.8 Å². The number of fused-ring (bicyclic) bond motifs is 1. The molecule has 0 spiro atoms. The number of sulfonamides is 1. The maximum absolute atomic E-state index is 13.2. The first-order valence-electron chi connectivity index (χ1n) is 12.2. The van der Waals surface area contributed by atoms with E-state index in [1.54, 1.807) is 31.2 Å². The summed E-state index contributed by atoms with van der Waals surface area (Å²) in [5, 5.41) is 0. The Morgan fingerprint density at radius 1 is 1.11 bits per heavy atom. The second-order valence-electron chi connectivity index (χ2n) is 9.40. The lowest BCUT2D eigenvalue weighted by Gasteiger charge is -2.34. The molecule has 2 atom stereocenters. The maximum atomic E-state index is 13.2. The van der Waals surface area contributed by atoms with Crippen LogP contribution in [-0.2, 0) is 21.3 Å². The summed E-state index contributed by atoms with van der Waals surface area (Å²) < 4.78 is 35.6. The lowest BCUT2D eigenvalue weighted by molar-refractivity contribution is 0.0526. The molecule has 3 aromatic rings. The van der Waals surface area contributed by atoms with E-state index in [1.165, 1.54) is 39.9 Å². The number of rotatable bonds is 7. The molecule has 10 heteroatoms. The van der Waals surface area contributed by atoms with E-state index >= 15 is 0 Å². The van der Waals surface area contributed by atoms with Crippen LogP contribution < -0.4 is 4.80 Å². The van der Waals surface area contributed by atoms with Crippen molar-refractivity contribution in [1.29, 1.82) is 0 Å². The minimum Gasteiger partial charge on any atom is -0.462 e. The summed E-state index contributed by atoms with van der Waals surface area (Å²) in [5.41, 5.74) is 1.53. The lowest BCUT2D eigenvalue weighted by atomic mass is 9.94. The third-order valence-corrected chi connectivity index (χ3v) is 9.16. The molecule has 4 rings (SSSR count). The van der Waals surface area contributed by atoms with Gasteiger partial charge in [-0.2, -0.15) is 9.30 Å². The summed E-state index contributed by atoms with van der Waals surface area (Å²) in [6.45, 7) is 11.4. The van der Waals surface area contributed by atoms with Crippen LogP contribution in [0.2, 0.25) is 0 Å². The van der Waals surface area contributed by atoms with Crippen LogP contribution in [0.4, 0.5) is 0 Å². The van der Waals surface area contributed by atoms with Gasteiger partial charge in [0.2, 0.25) is 10.0 Å². The summed E-state index contributed by atoms with van der Waals surface area (Å²) >= 11 is 1.28. The van der Waals surface area contributed by atoms with Crippen molar-refractivity contribution in [2.45, 2.75) is 38.6 Å². The summed E-state index contributed by atoms with van der Waals surface area (Å²) in [4.78, 5) is 30.1. The van der Waals surface area contributed by atoms with Gasteiger partial charge < -0.3 is 9.30 Å². The molecule has 1 aliphatic rings. The van der Waals surface area contributed by atoms with Crippen LogP contribution in [0, 0.1) is 11.8 Å². The van der Waals surface area contributed by atoms with Crippen molar-refractivity contribution in [3.05, 3.63) is 71.0 Å². The van der Waals surface area contributed by atoms with Crippen molar-refractivity contribution in [1.82, 2.24) is 8.87 Å². The first-order valence-corrected chi connectivity index (χ1v) is 14.5. The fourth-order valence-corrected chi connectivity index (χ4v) is 7.43. The second-order valence-corrected chi connectivity index (χ2v) is 12.3. The zero-order valence-corrected chi connectivity index (χ0v) is 22.8. The maximum Gasteiger partial charge on any atom is 0.338 e. The Morgan fingerprint density at radius 3 is 2.38 bits per heavy atom. The number of hydrogen-bond donors (Lipinski definition) is 0. The van der Waals surface area contributed by atoms with Gasteiger partial charge in [-0.1, -0.05) is 31.3 Å². The summed E-state index contributed by atoms with van der Waals surface area (Å²) in [6.07, 6.45) is 2.71. The van der Waals surface area contributed by atoms with Gasteiger partial charge in [0.25, 0.3) is 5.91 Å². The molecular formula is C27H31N3O5S2. The van der Waals surface area contributed by atoms with Gasteiger partial charge in [0.05, 0.1) is 27.3 Å². The lowest BCUT2D eigenvalue weighted by Crippen LogP contribution is -2.42. The predicted octanol–water partition coefficient (Wildman–Crippen LogP) is 4.47. The molecule has 2 heterocycles. The molecule has 0 bridgehead atoms. The summed E-state index contributed by atoms with van der Waals surface area (Å²) in [6, 6.07) is 11.1. The average molecular weight is 542 g/mol. The number of piperidine rings is 1. The van der Waals surface area contributed by atoms with Gasteiger partial charge >= 0.3 is 5.97 Å². The highest BCUT2D eigenvalue weighted by Crippen LogP contribution is 2.27. The van der Waals surface area contributed by atoms with E-state index in [0.717, 1.165) is 16.6 Å². The molecule has 1 saturated heterocycles. The van der Waals surface area contributed by atoms with E-state index in [9.17, 15) is 18.0 Å². The van der Waals surface area contributed by atoms with Gasteiger partial charge in [0.15, 0.2) is 4.80 Å². The van der Waals surface area contributed by atoms with Crippen LogP contribution in [0.25, 0.3) is 10.2 Å². The molecule has 0 radical (unpaired) electrons. The van der Waals surface area contributed by atoms with Crippen molar-refractivity contribution in [3.63, 3.8) is 0 Å². The Bertz CT molecular complexity index is 1490. The number of hydrogen-bond acceptors (Lipinski definition) is 6. The van der Waals surface area contributed by atoms with E-state index < -0.39 is 21.9 Å². The summed E-state index contributed by atoms with van der Waals surface area (Å²) in [5.74, 6) is -0.296. The summed E-state index contributed by atoms with van der Waals surface area (Å²) in [7, 11) is -3.64. The molecule has 0 aliphatic carbocycles. The van der Waals surface area contributed by atoms with Crippen LogP contribution in [-0.4, -0.2) is 48.9 Å². The highest BCUT2D eigenvalue weighted by molar-refractivity contribution is 7.89. The van der Waals surface area contributed by atoms with Gasteiger partial charge in [0, 0.05) is 25.2 Å². The third kappa shape index (κ3) is 5.76. The van der Waals surface area contributed by atoms with Gasteiger partial charge in [-0.25, -0.2) is 13.2 Å². The molecule has 2 aromatic carbocycles. The number of allylic oxidation sites excluding steroid dienone is 1. The number of carbonyl (C=O) groups excluding carboxylic acids is 2. The van der Waals surface area contributed by atoms with Crippen molar-refractivity contribution in [2.24, 2.45) is 16.8 Å². The molecule has 0 N–H and O–H groups in total. The van der Waals surface area contributed by atoms with Crippen molar-refractivity contribution in [2.75, 3.05) is 19.7 Å². The Labute approximate surface area is 221 Å². The van der Waals surface area contributed by atoms with E-state index in [-0.39, 0.29) is 17.1 Å². The van der Waals surface area contributed by atoms with Gasteiger partial charge in [-0.05, 0) is 67.6 Å². The van der Waals surface area contributed by atoms with Gasteiger partial charge in [-0.15, -0.1) is 6.58 Å². The monoisotopic (exact) mass is 541 g/mol. The number of amides is 1. The second kappa shape index (κ2) is 11.1. The van der Waals surface area contributed by atoms with Gasteiger partial charge in [-0.3, -0.25) is 4.79 Å². The van der Waals surface area contributed by atoms with Gasteiger partial charge in [0.1, 0.15) is 0 Å². The Hall–Kier alpha value is -3.08. The molecule has 0 unspecified atom stereocenters. The Kier molecular flexibility index (Phi) is 8.11. The molecule has 196 valence electrons. The van der Waals surface area contributed by atoms with Crippen LogP contribution in [0.1, 0.15) is 47.9 Å². The Balaban J connectivity index is 1.64. The SMILES string of the molecule is C=CCn1c(=NC(=O)c2ccc(S(=O)(=O)N3C[C@H](C)C[C@H](C)C3)cc2)sc2cc(C(=O)OCC)ccc21. The average Bonchev–Trinajstić information content (AvgIpc) is 3.20. The molecule has 1 aliphatic heterocycles. The minimum atomic E-state index is -3.64. The molecule has 0 saturated carbocycles. The van der Waals surface area contributed by atoms with E-state index in [1.807, 2.05) is 4.57 Å². The molecule has 1 aromatic heterocycles. The van der Waals surface area contributed by atoms with Crippen molar-refractivity contribution < 1.29 is 22.7 Å². The first-order chi connectivity index (χ1) is 17.6.